The lowest BCUT2D eigenvalue weighted by Crippen LogP contribution is -2.30. The predicted molar refractivity (Wildman–Crippen MR) is 152 cm³/mol. The van der Waals surface area contributed by atoms with Gasteiger partial charge < -0.3 is 24.3 Å². The Balaban J connectivity index is 1.65. The lowest BCUT2D eigenvalue weighted by Gasteiger charge is -2.29. The van der Waals surface area contributed by atoms with Gasteiger partial charge in [-0.15, -0.1) is 0 Å². The monoisotopic (exact) mass is 549 g/mol. The molecular formula is C27H27N5O4S2. The van der Waals surface area contributed by atoms with E-state index in [2.05, 4.69) is 19.6 Å². The van der Waals surface area contributed by atoms with Crippen LogP contribution in [0.1, 0.15) is 23.5 Å². The number of sulfonamides is 1. The summed E-state index contributed by atoms with van der Waals surface area (Å²) in [7, 11) is -0.414. The van der Waals surface area contributed by atoms with Crippen molar-refractivity contribution in [3.63, 3.8) is 0 Å². The van der Waals surface area contributed by atoms with Crippen molar-refractivity contribution in [2.24, 2.45) is 0 Å². The van der Waals surface area contributed by atoms with Crippen LogP contribution < -0.4 is 24.4 Å². The second-order valence-electron chi connectivity index (χ2n) is 8.76. The molecule has 0 spiro atoms. The molecule has 1 saturated heterocycles. The summed E-state index contributed by atoms with van der Waals surface area (Å²) in [5.74, 6) is 1.17. The summed E-state index contributed by atoms with van der Waals surface area (Å²) in [6.45, 7) is 0. The average molecular weight is 550 g/mol. The van der Waals surface area contributed by atoms with E-state index < -0.39 is 10.0 Å². The van der Waals surface area contributed by atoms with E-state index in [4.69, 9.17) is 21.7 Å². The van der Waals surface area contributed by atoms with Gasteiger partial charge >= 0.3 is 0 Å². The van der Waals surface area contributed by atoms with Crippen molar-refractivity contribution in [1.29, 1.82) is 0 Å². The van der Waals surface area contributed by atoms with Crippen molar-refractivity contribution in [2.45, 2.75) is 12.1 Å². The zero-order chi connectivity index (χ0) is 26.9. The molecule has 4 aromatic rings. The number of ether oxygens (including phenoxy) is 2. The van der Waals surface area contributed by atoms with E-state index in [0.29, 0.717) is 22.2 Å². The molecule has 196 valence electrons. The molecule has 2 N–H and O–H groups in total. The topological polar surface area (TPSA) is 97.7 Å². The van der Waals surface area contributed by atoms with E-state index in [-0.39, 0.29) is 12.1 Å². The molecule has 11 heteroatoms. The van der Waals surface area contributed by atoms with Crippen LogP contribution in [0.25, 0.3) is 5.69 Å². The Labute approximate surface area is 227 Å². The Kier molecular flexibility index (Phi) is 6.96. The molecule has 38 heavy (non-hydrogen) atoms. The zero-order valence-corrected chi connectivity index (χ0v) is 22.7. The maximum absolute atomic E-state index is 12.1. The molecule has 0 radical (unpaired) electrons. The summed E-state index contributed by atoms with van der Waals surface area (Å²) in [5, 5.41) is 3.93. The molecule has 0 aliphatic carbocycles. The standard InChI is InChI=1S/C27H27N5O4S2/c1-35-20-12-9-18(10-13-20)31-16-6-8-23(31)26-25(21-7-4-5-15-28-21)29-27(37)32(26)19-11-14-24(36-2)22(17-19)30-38(3,33)34/h4-17,25-26,30H,1-3H3,(H,29,37)/t25-,26-/m1/s1. The minimum absolute atomic E-state index is 0.274. The van der Waals surface area contributed by atoms with Gasteiger partial charge in [-0.25, -0.2) is 8.42 Å². The summed E-state index contributed by atoms with van der Waals surface area (Å²) in [5.41, 5.74) is 3.76. The number of hydrogen-bond donors (Lipinski definition) is 2. The second kappa shape index (κ2) is 10.3. The summed E-state index contributed by atoms with van der Waals surface area (Å²) in [4.78, 5) is 6.60. The maximum atomic E-state index is 12.1. The predicted octanol–water partition coefficient (Wildman–Crippen LogP) is 4.44. The fourth-order valence-corrected chi connectivity index (χ4v) is 5.58. The van der Waals surface area contributed by atoms with Crippen molar-refractivity contribution in [3.8, 4) is 17.2 Å². The molecular weight excluding hydrogens is 522 g/mol. The number of nitrogens with one attached hydrogen (secondary N) is 2. The number of thiocarbonyl (C=S) groups is 1. The van der Waals surface area contributed by atoms with Crippen molar-refractivity contribution < 1.29 is 17.9 Å². The van der Waals surface area contributed by atoms with Crippen LogP contribution in [-0.4, -0.2) is 43.6 Å². The lowest BCUT2D eigenvalue weighted by molar-refractivity contribution is 0.414. The molecule has 1 fully saturated rings. The Morgan fingerprint density at radius 1 is 0.974 bits per heavy atom. The number of rotatable bonds is 8. The quantitative estimate of drug-likeness (QED) is 0.312. The largest absolute Gasteiger partial charge is 0.497 e. The minimum Gasteiger partial charge on any atom is -0.497 e. The van der Waals surface area contributed by atoms with E-state index in [9.17, 15) is 8.42 Å². The maximum Gasteiger partial charge on any atom is 0.229 e. The van der Waals surface area contributed by atoms with E-state index in [1.54, 1.807) is 25.4 Å². The van der Waals surface area contributed by atoms with Gasteiger partial charge in [0.1, 0.15) is 17.5 Å². The molecule has 3 heterocycles. The van der Waals surface area contributed by atoms with Gasteiger partial charge in [-0.2, -0.15) is 0 Å². The van der Waals surface area contributed by atoms with Crippen LogP contribution in [-0.2, 0) is 10.0 Å². The summed E-state index contributed by atoms with van der Waals surface area (Å²) < 4.78 is 39.5. The van der Waals surface area contributed by atoms with Gasteiger partial charge in [0.25, 0.3) is 0 Å². The Morgan fingerprint density at radius 2 is 1.74 bits per heavy atom. The number of nitrogens with zero attached hydrogens (tertiary/aromatic N) is 3. The molecule has 9 nitrogen and oxygen atoms in total. The molecule has 1 aliphatic heterocycles. The minimum atomic E-state index is -3.54. The summed E-state index contributed by atoms with van der Waals surface area (Å²) in [6, 6.07) is 22.3. The number of methoxy groups -OCH3 is 2. The molecule has 1 aliphatic rings. The van der Waals surface area contributed by atoms with Crippen LogP contribution in [0.5, 0.6) is 11.5 Å². The number of pyridine rings is 1. The van der Waals surface area contributed by atoms with E-state index in [1.807, 2.05) is 71.8 Å². The third-order valence-corrected chi connectivity index (χ3v) is 7.19. The molecule has 5 rings (SSSR count). The van der Waals surface area contributed by atoms with E-state index in [0.717, 1.165) is 29.1 Å². The second-order valence-corrected chi connectivity index (χ2v) is 10.9. The van der Waals surface area contributed by atoms with Crippen LogP contribution in [0.3, 0.4) is 0 Å². The van der Waals surface area contributed by atoms with Gasteiger partial charge in [-0.3, -0.25) is 9.71 Å². The fraction of sp³-hybridized carbons (Fsp3) is 0.185. The molecule has 2 atom stereocenters. The number of benzene rings is 2. The van der Waals surface area contributed by atoms with Gasteiger partial charge in [0, 0.05) is 29.5 Å². The fourth-order valence-electron chi connectivity index (χ4n) is 4.67. The van der Waals surface area contributed by atoms with E-state index in [1.165, 1.54) is 7.11 Å². The van der Waals surface area contributed by atoms with Crippen LogP contribution in [0.15, 0.2) is 85.2 Å². The number of aromatic nitrogens is 2. The highest BCUT2D eigenvalue weighted by molar-refractivity contribution is 7.92. The first kappa shape index (κ1) is 25.6. The SMILES string of the molecule is COc1ccc(-n2cccc2[C@@H]2[C@@H](c3ccccn3)NC(=S)N2c2ccc(OC)c(NS(C)(=O)=O)c2)cc1. The highest BCUT2D eigenvalue weighted by Crippen LogP contribution is 2.44. The molecule has 0 saturated carbocycles. The van der Waals surface area contributed by atoms with E-state index >= 15 is 0 Å². The smallest absolute Gasteiger partial charge is 0.229 e. The van der Waals surface area contributed by atoms with Crippen LogP contribution in [0.4, 0.5) is 11.4 Å². The zero-order valence-electron chi connectivity index (χ0n) is 21.0. The first-order valence-electron chi connectivity index (χ1n) is 11.8. The summed E-state index contributed by atoms with van der Waals surface area (Å²) >= 11 is 5.85. The Morgan fingerprint density at radius 3 is 2.39 bits per heavy atom. The van der Waals surface area contributed by atoms with Gasteiger partial charge in [0.15, 0.2) is 5.11 Å². The first-order valence-corrected chi connectivity index (χ1v) is 14.1. The highest BCUT2D eigenvalue weighted by atomic mass is 32.2. The van der Waals surface area contributed by atoms with Crippen molar-refractivity contribution in [2.75, 3.05) is 30.1 Å². The van der Waals surface area contributed by atoms with Crippen molar-refractivity contribution in [3.05, 3.63) is 96.6 Å². The van der Waals surface area contributed by atoms with Gasteiger partial charge in [0.2, 0.25) is 10.0 Å². The summed E-state index contributed by atoms with van der Waals surface area (Å²) in [6.07, 6.45) is 4.85. The Bertz CT molecular complexity index is 1560. The molecule has 2 aromatic heterocycles. The van der Waals surface area contributed by atoms with Gasteiger partial charge in [-0.1, -0.05) is 6.07 Å². The molecule has 0 bridgehead atoms. The number of hydrogen-bond acceptors (Lipinski definition) is 6. The normalized spacial score (nSPS) is 17.2. The number of anilines is 2. The molecule has 2 aromatic carbocycles. The third-order valence-electron chi connectivity index (χ3n) is 6.29. The highest BCUT2D eigenvalue weighted by Gasteiger charge is 2.42. The van der Waals surface area contributed by atoms with Gasteiger partial charge in [-0.05, 0) is 78.9 Å². The van der Waals surface area contributed by atoms with Crippen LogP contribution in [0, 0.1) is 0 Å². The molecule has 0 unspecified atom stereocenters. The van der Waals surface area contributed by atoms with Crippen molar-refractivity contribution >= 4 is 38.7 Å². The van der Waals surface area contributed by atoms with Gasteiger partial charge in [0.05, 0.1) is 37.9 Å². The van der Waals surface area contributed by atoms with Crippen molar-refractivity contribution in [1.82, 2.24) is 14.9 Å². The molecule has 0 amide bonds. The lowest BCUT2D eigenvalue weighted by atomic mass is 10.0. The van der Waals surface area contributed by atoms with Crippen LogP contribution in [0.2, 0.25) is 0 Å². The Hall–Kier alpha value is -4.09. The average Bonchev–Trinajstić information content (AvgIpc) is 3.52. The third kappa shape index (κ3) is 5.02. The first-order chi connectivity index (χ1) is 18.3. The van der Waals surface area contributed by atoms with Crippen LogP contribution >= 0.6 is 12.2 Å².